The van der Waals surface area contributed by atoms with E-state index in [-0.39, 0.29) is 25.8 Å². The zero-order chi connectivity index (χ0) is 17.7. The number of hydrogen-bond donors (Lipinski definition) is 0. The summed E-state index contributed by atoms with van der Waals surface area (Å²) in [5, 5.41) is 5.66. The van der Waals surface area contributed by atoms with Crippen molar-refractivity contribution < 1.29 is 25.8 Å². The van der Waals surface area contributed by atoms with E-state index < -0.39 is 0 Å². The maximum absolute atomic E-state index is 2.42. The molecular formula is C25H26Sc-2. The normalized spacial score (nSPS) is 11.5. The third-order valence-electron chi connectivity index (χ3n) is 5.90. The topological polar surface area (TPSA) is 0 Å². The Kier molecular flexibility index (Phi) is 5.40. The van der Waals surface area contributed by atoms with Gasteiger partial charge in [0.25, 0.3) is 0 Å². The third-order valence-corrected chi connectivity index (χ3v) is 5.90. The van der Waals surface area contributed by atoms with Crippen LogP contribution in [0.5, 0.6) is 0 Å². The molecule has 0 unspecified atom stereocenters. The van der Waals surface area contributed by atoms with Crippen LogP contribution in [-0.2, 0) is 25.8 Å². The minimum Gasteiger partial charge on any atom is -0.164 e. The molecule has 0 aliphatic heterocycles. The Bertz CT molecular complexity index is 911. The fraction of sp³-hybridized carbons (Fsp3) is 0.280. The van der Waals surface area contributed by atoms with Crippen LogP contribution in [-0.4, -0.2) is 0 Å². The average molecular weight is 371 g/mol. The molecular weight excluding hydrogens is 345 g/mol. The van der Waals surface area contributed by atoms with E-state index in [0.29, 0.717) is 5.92 Å². The van der Waals surface area contributed by atoms with Gasteiger partial charge in [0, 0.05) is 25.8 Å². The second kappa shape index (κ2) is 7.27. The van der Waals surface area contributed by atoms with E-state index in [1.807, 2.05) is 0 Å². The summed E-state index contributed by atoms with van der Waals surface area (Å²) in [6.07, 6.45) is 1.13. The van der Waals surface area contributed by atoms with Crippen LogP contribution in [0, 0.1) is 27.7 Å². The molecule has 1 heteroatoms. The van der Waals surface area contributed by atoms with Gasteiger partial charge in [-0.05, 0) is 26.2 Å². The molecule has 0 atom stereocenters. The molecule has 26 heavy (non-hydrogen) atoms. The minimum atomic E-state index is 0. The fourth-order valence-corrected chi connectivity index (χ4v) is 4.29. The van der Waals surface area contributed by atoms with Gasteiger partial charge in [-0.25, -0.2) is 0 Å². The minimum absolute atomic E-state index is 0. The summed E-state index contributed by atoms with van der Waals surface area (Å²) in [6, 6.07) is 18.6. The first-order valence-electron chi connectivity index (χ1n) is 9.32. The van der Waals surface area contributed by atoms with Crippen molar-refractivity contribution in [1.29, 1.82) is 0 Å². The number of benzene rings is 2. The predicted octanol–water partition coefficient (Wildman–Crippen LogP) is 7.20. The summed E-state index contributed by atoms with van der Waals surface area (Å²) in [4.78, 5) is 0. The summed E-state index contributed by atoms with van der Waals surface area (Å²) < 4.78 is 0. The van der Waals surface area contributed by atoms with E-state index in [0.717, 1.165) is 6.42 Å². The summed E-state index contributed by atoms with van der Waals surface area (Å²) in [5.74, 6) is 0.470. The summed E-state index contributed by atoms with van der Waals surface area (Å²) in [5.41, 5.74) is 8.42. The Morgan fingerprint density at radius 1 is 0.692 bits per heavy atom. The Labute approximate surface area is 175 Å². The number of rotatable bonds is 3. The first kappa shape index (κ1) is 19.3. The van der Waals surface area contributed by atoms with Crippen molar-refractivity contribution in [2.24, 2.45) is 0 Å². The first-order chi connectivity index (χ1) is 12.0. The van der Waals surface area contributed by atoms with E-state index in [1.54, 1.807) is 0 Å². The molecule has 0 bridgehead atoms. The predicted molar refractivity (Wildman–Crippen MR) is 110 cm³/mol. The van der Waals surface area contributed by atoms with Crippen molar-refractivity contribution in [1.82, 2.24) is 0 Å². The Morgan fingerprint density at radius 2 is 1.08 bits per heavy atom. The summed E-state index contributed by atoms with van der Waals surface area (Å²) in [7, 11) is 0. The molecule has 0 saturated carbocycles. The van der Waals surface area contributed by atoms with Gasteiger partial charge in [0.05, 0.1) is 0 Å². The summed E-state index contributed by atoms with van der Waals surface area (Å²) >= 11 is 0. The van der Waals surface area contributed by atoms with Gasteiger partial charge in [0.2, 0.25) is 0 Å². The van der Waals surface area contributed by atoms with Crippen molar-refractivity contribution in [3.63, 3.8) is 0 Å². The third kappa shape index (κ3) is 3.05. The largest absolute Gasteiger partial charge is 0.164 e. The van der Waals surface area contributed by atoms with Gasteiger partial charge < -0.3 is 0 Å². The van der Waals surface area contributed by atoms with Gasteiger partial charge in [-0.15, -0.1) is 68.1 Å². The van der Waals surface area contributed by atoms with Gasteiger partial charge >= 0.3 is 0 Å². The van der Waals surface area contributed by atoms with Crippen LogP contribution in [0.2, 0.25) is 0 Å². The number of hydrogen-bond acceptors (Lipinski definition) is 0. The Balaban J connectivity index is 0.00000196. The Hall–Kier alpha value is -1.47. The van der Waals surface area contributed by atoms with Crippen LogP contribution in [0.1, 0.15) is 52.6 Å². The van der Waals surface area contributed by atoms with Crippen molar-refractivity contribution in [2.45, 2.75) is 47.0 Å². The van der Waals surface area contributed by atoms with Gasteiger partial charge in [-0.2, -0.15) is 12.1 Å². The van der Waals surface area contributed by atoms with E-state index in [1.165, 1.54) is 54.9 Å². The Morgan fingerprint density at radius 3 is 1.42 bits per heavy atom. The van der Waals surface area contributed by atoms with Crippen LogP contribution in [0.3, 0.4) is 0 Å². The zero-order valence-electron chi connectivity index (χ0n) is 16.5. The van der Waals surface area contributed by atoms with Crippen molar-refractivity contribution in [3.8, 4) is 0 Å². The smallest absolute Gasteiger partial charge is 0 e. The maximum atomic E-state index is 2.42. The quantitative estimate of drug-likeness (QED) is 0.334. The molecule has 4 rings (SSSR count). The fourth-order valence-electron chi connectivity index (χ4n) is 4.29. The SMILES string of the molecule is CCC(c1cc2c(C)ccc(C)c2[cH-]1)c1cc2c(C)ccc(C)c2[cH-]1.[Sc]. The maximum Gasteiger partial charge on any atom is 0 e. The van der Waals surface area contributed by atoms with E-state index in [2.05, 4.69) is 83.1 Å². The molecule has 0 spiro atoms. The molecule has 0 aliphatic carbocycles. The van der Waals surface area contributed by atoms with Crippen molar-refractivity contribution in [3.05, 3.63) is 81.9 Å². The molecule has 4 aromatic carbocycles. The van der Waals surface area contributed by atoms with E-state index >= 15 is 0 Å². The monoisotopic (exact) mass is 371 g/mol. The van der Waals surface area contributed by atoms with Crippen LogP contribution >= 0.6 is 0 Å². The van der Waals surface area contributed by atoms with Crippen LogP contribution in [0.15, 0.2) is 48.5 Å². The summed E-state index contributed by atoms with van der Waals surface area (Å²) in [6.45, 7) is 11.2. The van der Waals surface area contributed by atoms with Gasteiger partial charge in [-0.1, -0.05) is 44.0 Å². The number of fused-ring (bicyclic) bond motifs is 2. The average Bonchev–Trinajstić information content (AvgIpc) is 3.22. The van der Waals surface area contributed by atoms with E-state index in [9.17, 15) is 0 Å². The second-order valence-electron chi connectivity index (χ2n) is 7.59. The molecule has 0 saturated heterocycles. The van der Waals surface area contributed by atoms with Gasteiger partial charge in [0.15, 0.2) is 0 Å². The molecule has 0 N–H and O–H groups in total. The zero-order valence-corrected chi connectivity index (χ0v) is 18.3. The first-order valence-corrected chi connectivity index (χ1v) is 9.32. The molecule has 1 radical (unpaired) electrons. The molecule has 4 aromatic rings. The second-order valence-corrected chi connectivity index (χ2v) is 7.59. The van der Waals surface area contributed by atoms with Gasteiger partial charge in [0.1, 0.15) is 0 Å². The van der Waals surface area contributed by atoms with Crippen LogP contribution in [0.4, 0.5) is 0 Å². The van der Waals surface area contributed by atoms with Crippen molar-refractivity contribution in [2.75, 3.05) is 0 Å². The van der Waals surface area contributed by atoms with Gasteiger partial charge in [-0.3, -0.25) is 0 Å². The van der Waals surface area contributed by atoms with Crippen LogP contribution < -0.4 is 0 Å². The van der Waals surface area contributed by atoms with Crippen molar-refractivity contribution >= 4 is 21.5 Å². The van der Waals surface area contributed by atoms with E-state index in [4.69, 9.17) is 0 Å². The molecule has 0 aliphatic rings. The van der Waals surface area contributed by atoms with Crippen LogP contribution in [0.25, 0.3) is 21.5 Å². The molecule has 0 nitrogen and oxygen atoms in total. The molecule has 0 amide bonds. The molecule has 131 valence electrons. The molecule has 0 fully saturated rings. The molecule has 0 heterocycles. The number of aryl methyl sites for hydroxylation is 4. The molecule has 0 aromatic heterocycles. The standard InChI is InChI=1S/C25H26.Sc/c1-6-21(19-11-22-15(2)7-8-16(3)23(22)12-19)20-13-24-17(4)9-10-18(5)25(24)14-20;/h7-14,21H,6H2,1-5H3;/q-2;.